The number of para-hydroxylation sites is 1. The first-order chi connectivity index (χ1) is 14.5. The van der Waals surface area contributed by atoms with Crippen molar-refractivity contribution in [3.63, 3.8) is 0 Å². The van der Waals surface area contributed by atoms with Gasteiger partial charge < -0.3 is 14.8 Å². The van der Waals surface area contributed by atoms with Crippen LogP contribution in [0.25, 0.3) is 6.08 Å². The van der Waals surface area contributed by atoms with Crippen molar-refractivity contribution in [1.29, 1.82) is 0 Å². The zero-order valence-electron chi connectivity index (χ0n) is 16.2. The lowest BCUT2D eigenvalue weighted by Crippen LogP contribution is -2.09. The number of aldehydes is 1. The number of rotatable bonds is 7. The van der Waals surface area contributed by atoms with Crippen molar-refractivity contribution in [3.8, 4) is 17.2 Å². The van der Waals surface area contributed by atoms with Crippen LogP contribution in [0, 0.1) is 0 Å². The van der Waals surface area contributed by atoms with Gasteiger partial charge in [-0.2, -0.15) is 0 Å². The number of carbonyl (C=O) groups is 3. The van der Waals surface area contributed by atoms with E-state index < -0.39 is 11.9 Å². The Morgan fingerprint density at radius 1 is 0.867 bits per heavy atom. The lowest BCUT2D eigenvalue weighted by molar-refractivity contribution is -0.131. The largest absolute Gasteiger partial charge is 0.457 e. The molecule has 0 bridgehead atoms. The molecule has 0 saturated carbocycles. The lowest BCUT2D eigenvalue weighted by Gasteiger charge is -2.10. The van der Waals surface area contributed by atoms with E-state index in [0.717, 1.165) is 5.56 Å². The van der Waals surface area contributed by atoms with Crippen LogP contribution in [0.3, 0.4) is 0 Å². The second kappa shape index (κ2) is 9.84. The molecule has 0 aliphatic carbocycles. The first kappa shape index (κ1) is 20.5. The van der Waals surface area contributed by atoms with Gasteiger partial charge in [-0.1, -0.05) is 30.3 Å². The summed E-state index contributed by atoms with van der Waals surface area (Å²) in [6, 6.07) is 20.7. The van der Waals surface area contributed by atoms with Gasteiger partial charge in [-0.05, 0) is 48.0 Å². The van der Waals surface area contributed by atoms with Gasteiger partial charge >= 0.3 is 5.97 Å². The van der Waals surface area contributed by atoms with Crippen LogP contribution in [-0.2, 0) is 9.59 Å². The summed E-state index contributed by atoms with van der Waals surface area (Å²) in [7, 11) is 0. The monoisotopic (exact) mass is 401 g/mol. The van der Waals surface area contributed by atoms with E-state index in [1.54, 1.807) is 60.7 Å². The lowest BCUT2D eigenvalue weighted by atomic mass is 10.1. The van der Waals surface area contributed by atoms with Crippen LogP contribution in [0.4, 0.5) is 5.69 Å². The van der Waals surface area contributed by atoms with Crippen molar-refractivity contribution in [2.24, 2.45) is 0 Å². The minimum Gasteiger partial charge on any atom is -0.457 e. The van der Waals surface area contributed by atoms with Crippen molar-refractivity contribution in [2.45, 2.75) is 6.92 Å². The maximum absolute atomic E-state index is 12.3. The predicted octanol–water partition coefficient (Wildman–Crippen LogP) is 4.87. The highest BCUT2D eigenvalue weighted by Gasteiger charge is 2.08. The van der Waals surface area contributed by atoms with Gasteiger partial charge in [0.15, 0.2) is 6.29 Å². The van der Waals surface area contributed by atoms with Crippen LogP contribution < -0.4 is 14.8 Å². The van der Waals surface area contributed by atoms with E-state index in [1.165, 1.54) is 13.0 Å². The Morgan fingerprint density at radius 2 is 1.57 bits per heavy atom. The molecule has 0 atom stereocenters. The van der Waals surface area contributed by atoms with Crippen LogP contribution in [0.5, 0.6) is 17.2 Å². The maximum Gasteiger partial charge on any atom is 0.308 e. The van der Waals surface area contributed by atoms with E-state index in [1.807, 2.05) is 18.2 Å². The number of amides is 1. The minimum atomic E-state index is -0.404. The van der Waals surface area contributed by atoms with Gasteiger partial charge in [0.1, 0.15) is 17.2 Å². The molecule has 0 heterocycles. The van der Waals surface area contributed by atoms with Crippen LogP contribution in [0.15, 0.2) is 78.9 Å². The zero-order chi connectivity index (χ0) is 21.3. The average molecular weight is 401 g/mol. The van der Waals surface area contributed by atoms with Crippen molar-refractivity contribution >= 4 is 29.9 Å². The van der Waals surface area contributed by atoms with Crippen molar-refractivity contribution in [2.75, 3.05) is 5.32 Å². The highest BCUT2D eigenvalue weighted by atomic mass is 16.5. The molecule has 0 aromatic heterocycles. The van der Waals surface area contributed by atoms with E-state index in [4.69, 9.17) is 9.47 Å². The smallest absolute Gasteiger partial charge is 0.308 e. The molecule has 6 heteroatoms. The fourth-order valence-electron chi connectivity index (χ4n) is 2.59. The molecule has 0 unspecified atom stereocenters. The molecule has 3 rings (SSSR count). The molecule has 1 N–H and O–H groups in total. The average Bonchev–Trinajstić information content (AvgIpc) is 2.74. The van der Waals surface area contributed by atoms with E-state index in [0.29, 0.717) is 34.8 Å². The zero-order valence-corrected chi connectivity index (χ0v) is 16.2. The van der Waals surface area contributed by atoms with Gasteiger partial charge in [-0.15, -0.1) is 0 Å². The van der Waals surface area contributed by atoms with E-state index >= 15 is 0 Å². The van der Waals surface area contributed by atoms with E-state index in [9.17, 15) is 14.4 Å². The number of esters is 1. The molecule has 1 amide bonds. The Balaban J connectivity index is 1.69. The molecule has 0 radical (unpaired) electrons. The van der Waals surface area contributed by atoms with Crippen LogP contribution in [-0.4, -0.2) is 18.2 Å². The van der Waals surface area contributed by atoms with Crippen molar-refractivity contribution < 1.29 is 23.9 Å². The number of hydrogen-bond donors (Lipinski definition) is 1. The molecule has 0 saturated heterocycles. The van der Waals surface area contributed by atoms with Gasteiger partial charge in [0.05, 0.1) is 5.69 Å². The molecule has 3 aromatic carbocycles. The second-order valence-corrected chi connectivity index (χ2v) is 6.27. The summed E-state index contributed by atoms with van der Waals surface area (Å²) >= 11 is 0. The summed E-state index contributed by atoms with van der Waals surface area (Å²) in [5.41, 5.74) is 1.43. The van der Waals surface area contributed by atoms with E-state index in [2.05, 4.69) is 5.32 Å². The number of benzene rings is 3. The second-order valence-electron chi connectivity index (χ2n) is 6.27. The summed E-state index contributed by atoms with van der Waals surface area (Å²) in [4.78, 5) is 34.6. The topological polar surface area (TPSA) is 81.7 Å². The van der Waals surface area contributed by atoms with Gasteiger partial charge in [0, 0.05) is 24.6 Å². The maximum atomic E-state index is 12.3. The summed E-state index contributed by atoms with van der Waals surface area (Å²) in [5.74, 6) is 0.758. The molecule has 0 spiro atoms. The van der Waals surface area contributed by atoms with Crippen molar-refractivity contribution in [1.82, 2.24) is 0 Å². The quantitative estimate of drug-likeness (QED) is 0.264. The Labute approximate surface area is 173 Å². The summed E-state index contributed by atoms with van der Waals surface area (Å²) in [6.07, 6.45) is 3.62. The number of ether oxygens (including phenoxy) is 2. The number of anilines is 1. The molecule has 150 valence electrons. The summed E-state index contributed by atoms with van der Waals surface area (Å²) in [6.45, 7) is 1.33. The van der Waals surface area contributed by atoms with Gasteiger partial charge in [0.25, 0.3) is 0 Å². The minimum absolute atomic E-state index is 0.336. The van der Waals surface area contributed by atoms with Gasteiger partial charge in [-0.25, -0.2) is 0 Å². The summed E-state index contributed by atoms with van der Waals surface area (Å²) in [5, 5.41) is 2.69. The third-order valence-electron chi connectivity index (χ3n) is 3.96. The Bertz CT molecular complexity index is 1070. The van der Waals surface area contributed by atoms with Crippen LogP contribution >= 0.6 is 0 Å². The third-order valence-corrected chi connectivity index (χ3v) is 3.96. The van der Waals surface area contributed by atoms with Gasteiger partial charge in [0.2, 0.25) is 5.91 Å². The third kappa shape index (κ3) is 5.90. The first-order valence-corrected chi connectivity index (χ1v) is 9.13. The first-order valence-electron chi connectivity index (χ1n) is 9.13. The molecule has 0 aliphatic heterocycles. The van der Waals surface area contributed by atoms with E-state index in [-0.39, 0.29) is 0 Å². The highest BCUT2D eigenvalue weighted by molar-refractivity contribution is 6.04. The fourth-order valence-corrected chi connectivity index (χ4v) is 2.59. The fraction of sp³-hybridized carbons (Fsp3) is 0.0417. The Morgan fingerprint density at radius 3 is 2.23 bits per heavy atom. The number of nitrogens with one attached hydrogen (secondary N) is 1. The molecule has 3 aromatic rings. The number of hydrogen-bond acceptors (Lipinski definition) is 5. The molecule has 6 nitrogen and oxygen atoms in total. The Kier molecular flexibility index (Phi) is 6.74. The standard InChI is InChI=1S/C24H19NO5/c1-17(27)29-21-11-7-18(8-12-21)9-14-24(28)25-23-15-22(13-10-19(23)16-26)30-20-5-3-2-4-6-20/h2-16H,1H3,(H,25,28)/b14-9+. The van der Waals surface area contributed by atoms with Crippen molar-refractivity contribution in [3.05, 3.63) is 90.0 Å². The summed E-state index contributed by atoms with van der Waals surface area (Å²) < 4.78 is 10.7. The molecule has 0 fully saturated rings. The molecular formula is C24H19NO5. The predicted molar refractivity (Wildman–Crippen MR) is 114 cm³/mol. The normalized spacial score (nSPS) is 10.4. The van der Waals surface area contributed by atoms with Crippen LogP contribution in [0.1, 0.15) is 22.8 Å². The van der Waals surface area contributed by atoms with Gasteiger partial charge in [-0.3, -0.25) is 14.4 Å². The molecular weight excluding hydrogens is 382 g/mol. The number of carbonyl (C=O) groups excluding carboxylic acids is 3. The van der Waals surface area contributed by atoms with Crippen LogP contribution in [0.2, 0.25) is 0 Å². The Hall–Kier alpha value is -4.19. The molecule has 30 heavy (non-hydrogen) atoms. The molecule has 0 aliphatic rings. The highest BCUT2D eigenvalue weighted by Crippen LogP contribution is 2.26. The SMILES string of the molecule is CC(=O)Oc1ccc(/C=C/C(=O)Nc2cc(Oc3ccccc3)ccc2C=O)cc1.